The highest BCUT2D eigenvalue weighted by Gasteiger charge is 2.37. The van der Waals surface area contributed by atoms with Crippen molar-refractivity contribution < 1.29 is 9.84 Å². The SMILES string of the molecule is CC(CO)NC1(C)CCOC1C. The second-order valence-corrected chi connectivity index (χ2v) is 3.91. The molecule has 3 atom stereocenters. The maximum absolute atomic E-state index is 8.89. The van der Waals surface area contributed by atoms with Gasteiger partial charge in [-0.05, 0) is 27.2 Å². The third-order valence-corrected chi connectivity index (χ3v) is 2.74. The lowest BCUT2D eigenvalue weighted by Gasteiger charge is -2.31. The van der Waals surface area contributed by atoms with Crippen LogP contribution in [0.1, 0.15) is 27.2 Å². The molecule has 72 valence electrons. The Morgan fingerprint density at radius 1 is 1.75 bits per heavy atom. The average Bonchev–Trinajstić information content (AvgIpc) is 2.32. The van der Waals surface area contributed by atoms with Crippen LogP contribution in [0.4, 0.5) is 0 Å². The summed E-state index contributed by atoms with van der Waals surface area (Å²) in [5, 5.41) is 12.3. The third-order valence-electron chi connectivity index (χ3n) is 2.74. The molecule has 1 rings (SSSR count). The van der Waals surface area contributed by atoms with E-state index in [1.54, 1.807) is 0 Å². The Morgan fingerprint density at radius 3 is 2.83 bits per heavy atom. The quantitative estimate of drug-likeness (QED) is 0.654. The summed E-state index contributed by atoms with van der Waals surface area (Å²) in [6.45, 7) is 7.21. The van der Waals surface area contributed by atoms with Gasteiger partial charge in [-0.25, -0.2) is 0 Å². The monoisotopic (exact) mass is 173 g/mol. The Bertz CT molecular complexity index is 151. The first-order valence-electron chi connectivity index (χ1n) is 4.58. The highest BCUT2D eigenvalue weighted by molar-refractivity contribution is 4.94. The Kier molecular flexibility index (Phi) is 3.09. The summed E-state index contributed by atoms with van der Waals surface area (Å²) < 4.78 is 5.47. The number of rotatable bonds is 3. The number of ether oxygens (including phenoxy) is 1. The minimum absolute atomic E-state index is 0.0438. The van der Waals surface area contributed by atoms with Crippen LogP contribution in [0.3, 0.4) is 0 Å². The van der Waals surface area contributed by atoms with E-state index in [4.69, 9.17) is 9.84 Å². The molecule has 1 heterocycles. The van der Waals surface area contributed by atoms with Gasteiger partial charge in [-0.15, -0.1) is 0 Å². The summed E-state index contributed by atoms with van der Waals surface area (Å²) in [7, 11) is 0. The Morgan fingerprint density at radius 2 is 2.42 bits per heavy atom. The lowest BCUT2D eigenvalue weighted by atomic mass is 9.94. The van der Waals surface area contributed by atoms with Gasteiger partial charge in [0.1, 0.15) is 0 Å². The molecule has 0 bridgehead atoms. The van der Waals surface area contributed by atoms with Gasteiger partial charge in [-0.3, -0.25) is 0 Å². The molecule has 0 aromatic rings. The van der Waals surface area contributed by atoms with Crippen molar-refractivity contribution in [3.05, 3.63) is 0 Å². The number of hydrogen-bond acceptors (Lipinski definition) is 3. The molecule has 1 fully saturated rings. The van der Waals surface area contributed by atoms with Gasteiger partial charge in [0.2, 0.25) is 0 Å². The van der Waals surface area contributed by atoms with E-state index in [-0.39, 0.29) is 24.3 Å². The first kappa shape index (κ1) is 9.96. The summed E-state index contributed by atoms with van der Waals surface area (Å²) in [4.78, 5) is 0. The number of hydrogen-bond donors (Lipinski definition) is 2. The summed E-state index contributed by atoms with van der Waals surface area (Å²) in [6, 6.07) is 0.152. The molecule has 0 aromatic carbocycles. The molecule has 1 aliphatic heterocycles. The molecular formula is C9H19NO2. The van der Waals surface area contributed by atoms with Crippen LogP contribution in [0.25, 0.3) is 0 Å². The Balaban J connectivity index is 2.47. The van der Waals surface area contributed by atoms with Crippen molar-refractivity contribution >= 4 is 0 Å². The van der Waals surface area contributed by atoms with Crippen molar-refractivity contribution in [3.63, 3.8) is 0 Å². The van der Waals surface area contributed by atoms with Crippen LogP contribution in [0, 0.1) is 0 Å². The number of aliphatic hydroxyl groups excluding tert-OH is 1. The molecule has 0 amide bonds. The van der Waals surface area contributed by atoms with Crippen LogP contribution in [-0.2, 0) is 4.74 Å². The molecule has 3 heteroatoms. The average molecular weight is 173 g/mol. The van der Waals surface area contributed by atoms with Gasteiger partial charge in [0.15, 0.2) is 0 Å². The molecule has 0 radical (unpaired) electrons. The van der Waals surface area contributed by atoms with Gasteiger partial charge in [0.05, 0.1) is 12.7 Å². The number of aliphatic hydroxyl groups is 1. The molecule has 1 aliphatic rings. The van der Waals surface area contributed by atoms with E-state index in [0.717, 1.165) is 13.0 Å². The van der Waals surface area contributed by atoms with Gasteiger partial charge < -0.3 is 15.2 Å². The molecule has 3 unspecified atom stereocenters. The van der Waals surface area contributed by atoms with Crippen molar-refractivity contribution in [2.45, 2.75) is 44.9 Å². The third kappa shape index (κ3) is 1.97. The van der Waals surface area contributed by atoms with Crippen molar-refractivity contribution in [2.75, 3.05) is 13.2 Å². The summed E-state index contributed by atoms with van der Waals surface area (Å²) in [5.74, 6) is 0. The minimum atomic E-state index is 0.0438. The van der Waals surface area contributed by atoms with E-state index >= 15 is 0 Å². The smallest absolute Gasteiger partial charge is 0.0726 e. The van der Waals surface area contributed by atoms with Crippen molar-refractivity contribution in [1.29, 1.82) is 0 Å². The van der Waals surface area contributed by atoms with Crippen molar-refractivity contribution in [1.82, 2.24) is 5.32 Å². The van der Waals surface area contributed by atoms with Crippen molar-refractivity contribution in [3.8, 4) is 0 Å². The van der Waals surface area contributed by atoms with Crippen molar-refractivity contribution in [2.24, 2.45) is 0 Å². The van der Waals surface area contributed by atoms with Crippen LogP contribution in [0.5, 0.6) is 0 Å². The van der Waals surface area contributed by atoms with Gasteiger partial charge in [-0.2, -0.15) is 0 Å². The van der Waals surface area contributed by atoms with E-state index in [1.165, 1.54) is 0 Å². The predicted octanol–water partition coefficient (Wildman–Crippen LogP) is 0.524. The van der Waals surface area contributed by atoms with Crippen LogP contribution in [0.2, 0.25) is 0 Å². The van der Waals surface area contributed by atoms with E-state index in [0.29, 0.717) is 0 Å². The predicted molar refractivity (Wildman–Crippen MR) is 48.1 cm³/mol. The highest BCUT2D eigenvalue weighted by atomic mass is 16.5. The van der Waals surface area contributed by atoms with E-state index in [1.807, 2.05) is 6.92 Å². The first-order chi connectivity index (χ1) is 5.58. The summed E-state index contributed by atoms with van der Waals surface area (Å²) in [6.07, 6.45) is 1.27. The number of nitrogens with one attached hydrogen (secondary N) is 1. The maximum atomic E-state index is 8.89. The molecule has 0 aromatic heterocycles. The van der Waals surface area contributed by atoms with E-state index < -0.39 is 0 Å². The molecule has 0 spiro atoms. The van der Waals surface area contributed by atoms with E-state index in [2.05, 4.69) is 19.2 Å². The van der Waals surface area contributed by atoms with Gasteiger partial charge in [-0.1, -0.05) is 0 Å². The topological polar surface area (TPSA) is 41.5 Å². The van der Waals surface area contributed by atoms with Crippen LogP contribution in [0.15, 0.2) is 0 Å². The molecule has 3 nitrogen and oxygen atoms in total. The van der Waals surface area contributed by atoms with Crippen LogP contribution in [-0.4, -0.2) is 36.0 Å². The largest absolute Gasteiger partial charge is 0.395 e. The molecular weight excluding hydrogens is 154 g/mol. The Labute approximate surface area is 74.1 Å². The molecule has 1 saturated heterocycles. The second-order valence-electron chi connectivity index (χ2n) is 3.91. The lowest BCUT2D eigenvalue weighted by Crippen LogP contribution is -2.52. The molecule has 0 saturated carbocycles. The van der Waals surface area contributed by atoms with E-state index in [9.17, 15) is 0 Å². The fraction of sp³-hybridized carbons (Fsp3) is 1.00. The zero-order valence-corrected chi connectivity index (χ0v) is 8.13. The van der Waals surface area contributed by atoms with Gasteiger partial charge in [0, 0.05) is 18.2 Å². The fourth-order valence-corrected chi connectivity index (χ4v) is 1.63. The molecule has 12 heavy (non-hydrogen) atoms. The summed E-state index contributed by atoms with van der Waals surface area (Å²) in [5.41, 5.74) is 0.0438. The molecule has 2 N–H and O–H groups in total. The maximum Gasteiger partial charge on any atom is 0.0726 e. The van der Waals surface area contributed by atoms with Crippen LogP contribution >= 0.6 is 0 Å². The van der Waals surface area contributed by atoms with Gasteiger partial charge >= 0.3 is 0 Å². The lowest BCUT2D eigenvalue weighted by molar-refractivity contribution is 0.0805. The second kappa shape index (κ2) is 3.73. The fourth-order valence-electron chi connectivity index (χ4n) is 1.63. The first-order valence-corrected chi connectivity index (χ1v) is 4.58. The zero-order chi connectivity index (χ0) is 9.19. The van der Waals surface area contributed by atoms with Crippen LogP contribution < -0.4 is 5.32 Å². The highest BCUT2D eigenvalue weighted by Crippen LogP contribution is 2.25. The Hall–Kier alpha value is -0.120. The van der Waals surface area contributed by atoms with Gasteiger partial charge in [0.25, 0.3) is 0 Å². The zero-order valence-electron chi connectivity index (χ0n) is 8.13. The standard InChI is InChI=1S/C9H19NO2/c1-7(6-11)10-9(3)4-5-12-8(9)2/h7-8,10-11H,4-6H2,1-3H3. The minimum Gasteiger partial charge on any atom is -0.395 e. The summed E-state index contributed by atoms with van der Waals surface area (Å²) >= 11 is 0. The normalized spacial score (nSPS) is 38.5. The molecule has 0 aliphatic carbocycles.